The van der Waals surface area contributed by atoms with Crippen LogP contribution in [0.25, 0.3) is 0 Å². The van der Waals surface area contributed by atoms with Crippen molar-refractivity contribution >= 4 is 11.9 Å². The summed E-state index contributed by atoms with van der Waals surface area (Å²) in [7, 11) is 0. The highest BCUT2D eigenvalue weighted by molar-refractivity contribution is 5.95. The topological polar surface area (TPSA) is 84.0 Å². The van der Waals surface area contributed by atoms with E-state index in [4.69, 9.17) is 11.1 Å². The molecule has 2 amide bonds. The summed E-state index contributed by atoms with van der Waals surface area (Å²) in [6.07, 6.45) is 3.21. The van der Waals surface area contributed by atoms with Crippen molar-refractivity contribution in [3.05, 3.63) is 0 Å². The second-order valence-corrected chi connectivity index (χ2v) is 5.92. The van der Waals surface area contributed by atoms with E-state index in [1.807, 2.05) is 18.7 Å². The molecule has 0 aromatic rings. The van der Waals surface area contributed by atoms with Gasteiger partial charge in [0, 0.05) is 13.1 Å². The molecule has 0 aromatic carbocycles. The van der Waals surface area contributed by atoms with Crippen LogP contribution in [-0.4, -0.2) is 36.4 Å². The first kappa shape index (κ1) is 16.0. The lowest BCUT2D eigenvalue weighted by atomic mass is 9.84. The first-order valence-electron chi connectivity index (χ1n) is 7.34. The molecule has 0 spiro atoms. The summed E-state index contributed by atoms with van der Waals surface area (Å²) in [4.78, 5) is 13.9. The molecule has 1 aliphatic rings. The summed E-state index contributed by atoms with van der Waals surface area (Å²) in [5.74, 6) is 2.07. The molecule has 5 N–H and O–H groups in total. The summed E-state index contributed by atoms with van der Waals surface area (Å²) < 4.78 is 0. The van der Waals surface area contributed by atoms with E-state index in [9.17, 15) is 4.79 Å². The van der Waals surface area contributed by atoms with Crippen LogP contribution in [0.4, 0.5) is 4.79 Å². The fourth-order valence-corrected chi connectivity index (χ4v) is 2.52. The number of urea groups is 1. The molecule has 1 rings (SSSR count). The zero-order chi connectivity index (χ0) is 14.4. The van der Waals surface area contributed by atoms with Gasteiger partial charge in [0.15, 0.2) is 0 Å². The number of nitrogens with two attached hydrogens (primary N) is 2. The number of rotatable bonds is 4. The van der Waals surface area contributed by atoms with Gasteiger partial charge < -0.3 is 10.6 Å². The monoisotopic (exact) mass is 269 g/mol. The molecule has 0 saturated carbocycles. The summed E-state index contributed by atoms with van der Waals surface area (Å²) in [6.45, 7) is 8.58. The molecule has 1 aliphatic heterocycles. The average Bonchev–Trinajstić information content (AvgIpc) is 2.39. The number of nitrogens with one attached hydrogen (secondary N) is 1. The van der Waals surface area contributed by atoms with Crippen molar-refractivity contribution in [1.82, 2.24) is 10.2 Å². The number of nitrogens with zero attached hydrogens (tertiary/aromatic N) is 1. The van der Waals surface area contributed by atoms with E-state index in [0.717, 1.165) is 38.9 Å². The summed E-state index contributed by atoms with van der Waals surface area (Å²) in [6, 6.07) is -0.0591. The SMILES string of the molecule is CC(C)C(=[NH2+])NC(=O)N1CCC([C@H](C)CCN)CC1. The van der Waals surface area contributed by atoms with Crippen LogP contribution in [0.15, 0.2) is 0 Å². The molecule has 0 aliphatic carbocycles. The molecule has 1 atom stereocenters. The quantitative estimate of drug-likeness (QED) is 0.503. The van der Waals surface area contributed by atoms with Crippen molar-refractivity contribution in [3.63, 3.8) is 0 Å². The van der Waals surface area contributed by atoms with E-state index < -0.39 is 0 Å². The molecule has 0 radical (unpaired) electrons. The van der Waals surface area contributed by atoms with Crippen LogP contribution in [-0.2, 0) is 0 Å². The first-order valence-corrected chi connectivity index (χ1v) is 7.34. The minimum Gasteiger partial charge on any atom is -0.330 e. The largest absolute Gasteiger partial charge is 0.408 e. The number of hydrogen-bond donors (Lipinski definition) is 3. The van der Waals surface area contributed by atoms with Crippen molar-refractivity contribution in [3.8, 4) is 0 Å². The van der Waals surface area contributed by atoms with Crippen molar-refractivity contribution in [2.24, 2.45) is 23.5 Å². The third-order valence-corrected chi connectivity index (χ3v) is 4.13. The minimum atomic E-state index is -0.0591. The van der Waals surface area contributed by atoms with Gasteiger partial charge in [-0.05, 0) is 37.6 Å². The van der Waals surface area contributed by atoms with Crippen molar-refractivity contribution in [2.45, 2.75) is 40.0 Å². The molecule has 110 valence electrons. The van der Waals surface area contributed by atoms with Crippen LogP contribution < -0.4 is 16.5 Å². The van der Waals surface area contributed by atoms with Crippen molar-refractivity contribution in [2.75, 3.05) is 19.6 Å². The Bertz CT molecular complexity index is 309. The Labute approximate surface area is 116 Å². The van der Waals surface area contributed by atoms with Crippen LogP contribution >= 0.6 is 0 Å². The Balaban J connectivity index is 2.37. The number of carbonyl (C=O) groups excluding carboxylic acids is 1. The molecule has 0 aromatic heterocycles. The normalized spacial score (nSPS) is 18.5. The number of amidine groups is 1. The number of likely N-dealkylation sites (tertiary alicyclic amines) is 1. The first-order chi connectivity index (χ1) is 8.95. The van der Waals surface area contributed by atoms with Gasteiger partial charge in [-0.2, -0.15) is 5.32 Å². The minimum absolute atomic E-state index is 0.0591. The number of amides is 2. The smallest absolute Gasteiger partial charge is 0.330 e. The third-order valence-electron chi connectivity index (χ3n) is 4.13. The maximum absolute atomic E-state index is 12.0. The van der Waals surface area contributed by atoms with Gasteiger partial charge in [0.05, 0.1) is 5.92 Å². The molecule has 1 fully saturated rings. The van der Waals surface area contributed by atoms with Crippen LogP contribution in [0, 0.1) is 17.8 Å². The standard InChI is InChI=1S/C14H28N4O/c1-10(2)13(16)17-14(19)18-8-5-12(6-9-18)11(3)4-7-15/h10-12H,4-9,15H2,1-3H3,(H2,16,17,19)/p+1/t11-/m1/s1. The van der Waals surface area contributed by atoms with E-state index in [1.165, 1.54) is 0 Å². The summed E-state index contributed by atoms with van der Waals surface area (Å²) in [5, 5.41) is 8.56. The van der Waals surface area contributed by atoms with Crippen LogP contribution in [0.1, 0.15) is 40.0 Å². The van der Waals surface area contributed by atoms with E-state index >= 15 is 0 Å². The van der Waals surface area contributed by atoms with Gasteiger partial charge in [0.25, 0.3) is 5.84 Å². The van der Waals surface area contributed by atoms with Gasteiger partial charge in [-0.1, -0.05) is 20.8 Å². The lowest BCUT2D eigenvalue weighted by molar-refractivity contribution is -0.123. The molecule has 19 heavy (non-hydrogen) atoms. The second-order valence-electron chi connectivity index (χ2n) is 5.92. The molecular weight excluding hydrogens is 240 g/mol. The zero-order valence-electron chi connectivity index (χ0n) is 12.5. The summed E-state index contributed by atoms with van der Waals surface area (Å²) in [5.41, 5.74) is 5.60. The molecule has 5 heteroatoms. The molecule has 0 bridgehead atoms. The molecule has 1 saturated heterocycles. The van der Waals surface area contributed by atoms with E-state index in [0.29, 0.717) is 17.7 Å². The molecule has 5 nitrogen and oxygen atoms in total. The Kier molecular flexibility index (Phi) is 6.28. The van der Waals surface area contributed by atoms with Gasteiger partial charge in [0.1, 0.15) is 0 Å². The highest BCUT2D eigenvalue weighted by Crippen LogP contribution is 2.26. The average molecular weight is 269 g/mol. The zero-order valence-corrected chi connectivity index (χ0v) is 12.5. The predicted molar refractivity (Wildman–Crippen MR) is 77.4 cm³/mol. The van der Waals surface area contributed by atoms with Gasteiger partial charge >= 0.3 is 6.03 Å². The maximum atomic E-state index is 12.0. The highest BCUT2D eigenvalue weighted by Gasteiger charge is 2.28. The lowest BCUT2D eigenvalue weighted by Crippen LogP contribution is -2.57. The molecule has 0 unspecified atom stereocenters. The van der Waals surface area contributed by atoms with Gasteiger partial charge in [-0.3, -0.25) is 5.41 Å². The van der Waals surface area contributed by atoms with E-state index in [1.54, 1.807) is 0 Å². The Hall–Kier alpha value is -1.10. The predicted octanol–water partition coefficient (Wildman–Crippen LogP) is 0.207. The number of carbonyl (C=O) groups is 1. The number of piperidine rings is 1. The fraction of sp³-hybridized carbons (Fsp3) is 0.857. The third kappa shape index (κ3) is 4.82. The maximum Gasteiger partial charge on any atom is 0.408 e. The van der Waals surface area contributed by atoms with Crippen molar-refractivity contribution in [1.29, 1.82) is 0 Å². The van der Waals surface area contributed by atoms with Crippen LogP contribution in [0.5, 0.6) is 0 Å². The van der Waals surface area contributed by atoms with Gasteiger partial charge in [-0.25, -0.2) is 4.79 Å². The van der Waals surface area contributed by atoms with Crippen LogP contribution in [0.3, 0.4) is 0 Å². The van der Waals surface area contributed by atoms with Crippen LogP contribution in [0.2, 0.25) is 0 Å². The van der Waals surface area contributed by atoms with Gasteiger partial charge in [-0.15, -0.1) is 0 Å². The lowest BCUT2D eigenvalue weighted by Gasteiger charge is -2.33. The Morgan fingerprint density at radius 2 is 1.95 bits per heavy atom. The Morgan fingerprint density at radius 1 is 1.37 bits per heavy atom. The fourth-order valence-electron chi connectivity index (χ4n) is 2.52. The Morgan fingerprint density at radius 3 is 2.42 bits per heavy atom. The molecular formula is C14H29N4O+. The van der Waals surface area contributed by atoms with Gasteiger partial charge in [0.2, 0.25) is 0 Å². The molecule has 1 heterocycles. The van der Waals surface area contributed by atoms with E-state index in [-0.39, 0.29) is 11.9 Å². The number of hydrogen-bond acceptors (Lipinski definition) is 2. The highest BCUT2D eigenvalue weighted by atomic mass is 16.2. The second kappa shape index (κ2) is 7.48. The van der Waals surface area contributed by atoms with E-state index in [2.05, 4.69) is 12.2 Å². The summed E-state index contributed by atoms with van der Waals surface area (Å²) >= 11 is 0. The van der Waals surface area contributed by atoms with Crippen molar-refractivity contribution < 1.29 is 10.2 Å².